The summed E-state index contributed by atoms with van der Waals surface area (Å²) in [5.41, 5.74) is 6.45. The second kappa shape index (κ2) is 4.11. The van der Waals surface area contributed by atoms with Crippen LogP contribution in [0.15, 0.2) is 0 Å². The zero-order valence-corrected chi connectivity index (χ0v) is 9.07. The molecule has 0 aliphatic heterocycles. The van der Waals surface area contributed by atoms with E-state index in [1.54, 1.807) is 4.68 Å². The Bertz CT molecular complexity index is 412. The molecule has 1 fully saturated rings. The molecule has 1 heterocycles. The molecule has 16 heavy (non-hydrogen) atoms. The Morgan fingerprint density at radius 3 is 2.88 bits per heavy atom. The Hall–Kier alpha value is -1.59. The third-order valence-corrected chi connectivity index (χ3v) is 2.67. The lowest BCUT2D eigenvalue weighted by Gasteiger charge is -2.01. The van der Waals surface area contributed by atoms with Crippen LogP contribution in [0.4, 0.5) is 10.2 Å². The number of alkyl halides is 1. The molecule has 2 N–H and O–H groups in total. The van der Waals surface area contributed by atoms with Crippen molar-refractivity contribution in [1.82, 2.24) is 9.78 Å². The molecule has 1 aromatic heterocycles. The molecule has 1 aromatic rings. The van der Waals surface area contributed by atoms with Gasteiger partial charge in [-0.2, -0.15) is 5.10 Å². The Morgan fingerprint density at radius 2 is 2.38 bits per heavy atom. The molecule has 0 radical (unpaired) electrons. The number of halogens is 1. The monoisotopic (exact) mass is 227 g/mol. The number of methoxy groups -OCH3 is 1. The van der Waals surface area contributed by atoms with Gasteiger partial charge in [0.05, 0.1) is 19.8 Å². The topological polar surface area (TPSA) is 70.1 Å². The largest absolute Gasteiger partial charge is 0.464 e. The number of aromatic nitrogens is 2. The summed E-state index contributed by atoms with van der Waals surface area (Å²) in [7, 11) is 1.27. The number of nitrogen functional groups attached to an aromatic ring is 1. The van der Waals surface area contributed by atoms with E-state index in [1.165, 1.54) is 7.11 Å². The minimum atomic E-state index is -0.565. The lowest BCUT2D eigenvalue weighted by atomic mass is 10.2. The summed E-state index contributed by atoms with van der Waals surface area (Å²) in [5.74, 6) is -0.171. The summed E-state index contributed by atoms with van der Waals surface area (Å²) in [6.07, 6.45) is 2.10. The zero-order chi connectivity index (χ0) is 11.7. The highest BCUT2D eigenvalue weighted by Gasteiger charge is 2.30. The quantitative estimate of drug-likeness (QED) is 0.782. The highest BCUT2D eigenvalue weighted by molar-refractivity contribution is 5.90. The van der Waals surface area contributed by atoms with E-state index in [2.05, 4.69) is 9.84 Å². The van der Waals surface area contributed by atoms with Crippen LogP contribution < -0.4 is 5.73 Å². The van der Waals surface area contributed by atoms with E-state index in [0.717, 1.165) is 12.8 Å². The average Bonchev–Trinajstić information content (AvgIpc) is 3.07. The van der Waals surface area contributed by atoms with Crippen molar-refractivity contribution in [1.29, 1.82) is 0 Å². The number of hydrogen-bond donors (Lipinski definition) is 1. The Kier molecular flexibility index (Phi) is 2.80. The SMILES string of the molecule is COC(=O)c1nn(C2CC2)c(N)c1CCF. The molecule has 1 aliphatic carbocycles. The summed E-state index contributed by atoms with van der Waals surface area (Å²) in [4.78, 5) is 11.4. The number of esters is 1. The van der Waals surface area contributed by atoms with Gasteiger partial charge in [0.2, 0.25) is 0 Å². The van der Waals surface area contributed by atoms with Gasteiger partial charge in [0.15, 0.2) is 5.69 Å². The Balaban J connectivity index is 2.40. The number of ether oxygens (including phenoxy) is 1. The molecule has 1 saturated carbocycles. The van der Waals surface area contributed by atoms with Crippen LogP contribution in [0, 0.1) is 0 Å². The van der Waals surface area contributed by atoms with E-state index >= 15 is 0 Å². The van der Waals surface area contributed by atoms with Gasteiger partial charge in [-0.1, -0.05) is 0 Å². The molecule has 5 nitrogen and oxygen atoms in total. The standard InChI is InChI=1S/C10H14FN3O2/c1-16-10(15)8-7(4-5-11)9(12)14(13-8)6-2-3-6/h6H,2-5,12H2,1H3. The summed E-state index contributed by atoms with van der Waals surface area (Å²) in [5, 5.41) is 4.11. The molecule has 0 amide bonds. The highest BCUT2D eigenvalue weighted by Crippen LogP contribution is 2.37. The van der Waals surface area contributed by atoms with E-state index in [9.17, 15) is 9.18 Å². The maximum absolute atomic E-state index is 12.4. The minimum absolute atomic E-state index is 0.100. The molecule has 1 aliphatic rings. The lowest BCUT2D eigenvalue weighted by Crippen LogP contribution is -2.06. The van der Waals surface area contributed by atoms with Crippen LogP contribution >= 0.6 is 0 Å². The van der Waals surface area contributed by atoms with Crippen LogP contribution in [-0.2, 0) is 11.2 Å². The summed E-state index contributed by atoms with van der Waals surface area (Å²) >= 11 is 0. The van der Waals surface area contributed by atoms with E-state index < -0.39 is 12.6 Å². The first-order valence-electron chi connectivity index (χ1n) is 5.20. The van der Waals surface area contributed by atoms with Crippen molar-refractivity contribution in [2.24, 2.45) is 0 Å². The van der Waals surface area contributed by atoms with Crippen molar-refractivity contribution in [2.45, 2.75) is 25.3 Å². The summed E-state index contributed by atoms with van der Waals surface area (Å²) < 4.78 is 18.6. The number of nitrogens with two attached hydrogens (primary N) is 1. The number of anilines is 1. The number of rotatable bonds is 4. The van der Waals surface area contributed by atoms with Crippen molar-refractivity contribution >= 4 is 11.8 Å². The van der Waals surface area contributed by atoms with Gasteiger partial charge in [0.25, 0.3) is 0 Å². The highest BCUT2D eigenvalue weighted by atomic mass is 19.1. The third kappa shape index (κ3) is 1.75. The molecular formula is C10H14FN3O2. The van der Waals surface area contributed by atoms with Gasteiger partial charge in [0.1, 0.15) is 5.82 Å². The van der Waals surface area contributed by atoms with Gasteiger partial charge < -0.3 is 10.5 Å². The molecule has 0 saturated heterocycles. The van der Waals surface area contributed by atoms with Crippen LogP contribution in [0.2, 0.25) is 0 Å². The number of hydrogen-bond acceptors (Lipinski definition) is 4. The second-order valence-corrected chi connectivity index (χ2v) is 3.82. The van der Waals surface area contributed by atoms with E-state index in [4.69, 9.17) is 5.73 Å². The van der Waals surface area contributed by atoms with Crippen molar-refractivity contribution in [3.8, 4) is 0 Å². The first kappa shape index (κ1) is 10.9. The van der Waals surface area contributed by atoms with Gasteiger partial charge in [0, 0.05) is 12.0 Å². The van der Waals surface area contributed by atoms with Crippen molar-refractivity contribution in [2.75, 3.05) is 19.5 Å². The molecule has 0 bridgehead atoms. The van der Waals surface area contributed by atoms with Crippen LogP contribution in [0.25, 0.3) is 0 Å². The fraction of sp³-hybridized carbons (Fsp3) is 0.600. The maximum Gasteiger partial charge on any atom is 0.358 e. The molecule has 0 unspecified atom stereocenters. The number of nitrogens with zero attached hydrogens (tertiary/aromatic N) is 2. The van der Waals surface area contributed by atoms with Gasteiger partial charge in [-0.15, -0.1) is 0 Å². The van der Waals surface area contributed by atoms with Crippen molar-refractivity contribution in [3.05, 3.63) is 11.3 Å². The Morgan fingerprint density at radius 1 is 1.69 bits per heavy atom. The van der Waals surface area contributed by atoms with Gasteiger partial charge >= 0.3 is 5.97 Å². The minimum Gasteiger partial charge on any atom is -0.464 e. The second-order valence-electron chi connectivity index (χ2n) is 3.82. The van der Waals surface area contributed by atoms with E-state index in [1.807, 2.05) is 0 Å². The van der Waals surface area contributed by atoms with Crippen LogP contribution in [-0.4, -0.2) is 29.5 Å². The summed E-state index contributed by atoms with van der Waals surface area (Å²) in [6, 6.07) is 0.261. The van der Waals surface area contributed by atoms with E-state index in [-0.39, 0.29) is 18.2 Å². The zero-order valence-electron chi connectivity index (χ0n) is 9.07. The average molecular weight is 227 g/mol. The summed E-state index contributed by atoms with van der Waals surface area (Å²) in [6.45, 7) is -0.565. The predicted molar refractivity (Wildman–Crippen MR) is 55.9 cm³/mol. The van der Waals surface area contributed by atoms with E-state index in [0.29, 0.717) is 11.4 Å². The smallest absolute Gasteiger partial charge is 0.358 e. The number of carbonyl (C=O) groups excluding carboxylic acids is 1. The predicted octanol–water partition coefficient (Wildman–Crippen LogP) is 1.10. The fourth-order valence-electron chi connectivity index (χ4n) is 1.68. The van der Waals surface area contributed by atoms with Crippen LogP contribution in [0.1, 0.15) is 34.9 Å². The molecule has 0 atom stereocenters. The molecule has 6 heteroatoms. The van der Waals surface area contributed by atoms with Gasteiger partial charge in [-0.3, -0.25) is 4.39 Å². The van der Waals surface area contributed by atoms with Crippen LogP contribution in [0.3, 0.4) is 0 Å². The maximum atomic E-state index is 12.4. The van der Waals surface area contributed by atoms with Gasteiger partial charge in [-0.05, 0) is 12.8 Å². The first-order chi connectivity index (χ1) is 7.69. The van der Waals surface area contributed by atoms with Gasteiger partial charge in [-0.25, -0.2) is 9.48 Å². The van der Waals surface area contributed by atoms with Crippen molar-refractivity contribution < 1.29 is 13.9 Å². The lowest BCUT2D eigenvalue weighted by molar-refractivity contribution is 0.0591. The normalized spacial score (nSPS) is 15.1. The molecular weight excluding hydrogens is 213 g/mol. The third-order valence-electron chi connectivity index (χ3n) is 2.67. The number of carbonyl (C=O) groups is 1. The molecule has 2 rings (SSSR count). The molecule has 0 aromatic carbocycles. The molecule has 0 spiro atoms. The van der Waals surface area contributed by atoms with Crippen molar-refractivity contribution in [3.63, 3.8) is 0 Å². The molecule has 88 valence electrons. The first-order valence-corrected chi connectivity index (χ1v) is 5.20. The fourth-order valence-corrected chi connectivity index (χ4v) is 1.68. The van der Waals surface area contributed by atoms with Crippen LogP contribution in [0.5, 0.6) is 0 Å². The Labute approximate surface area is 92.4 Å².